The van der Waals surface area contributed by atoms with Crippen LogP contribution in [0.4, 0.5) is 5.82 Å². The lowest BCUT2D eigenvalue weighted by molar-refractivity contribution is -0.389. The molecule has 0 spiro atoms. The Morgan fingerprint density at radius 3 is 2.80 bits per heavy atom. The smallest absolute Gasteiger partial charge is 0.381 e. The molecule has 20 heavy (non-hydrogen) atoms. The normalized spacial score (nSPS) is 10.1. The first-order valence-corrected chi connectivity index (χ1v) is 5.99. The van der Waals surface area contributed by atoms with E-state index in [0.717, 1.165) is 0 Å². The number of ether oxygens (including phenoxy) is 1. The maximum atomic E-state index is 11.7. The van der Waals surface area contributed by atoms with Crippen LogP contribution in [0.25, 0.3) is 0 Å². The molecule has 0 saturated carbocycles. The molecule has 1 rings (SSSR count). The first-order valence-electron chi connectivity index (χ1n) is 5.99. The molecule has 1 aromatic heterocycles. The van der Waals surface area contributed by atoms with Gasteiger partial charge in [0.25, 0.3) is 0 Å². The van der Waals surface area contributed by atoms with Crippen molar-refractivity contribution in [3.8, 4) is 0 Å². The van der Waals surface area contributed by atoms with Crippen molar-refractivity contribution in [3.63, 3.8) is 0 Å². The summed E-state index contributed by atoms with van der Waals surface area (Å²) in [5.74, 6) is -0.992. The molecular formula is C11H16N4O5. The van der Waals surface area contributed by atoms with Crippen molar-refractivity contribution in [3.05, 3.63) is 22.6 Å². The molecule has 0 fully saturated rings. The summed E-state index contributed by atoms with van der Waals surface area (Å²) < 4.78 is 6.18. The number of nitro groups is 1. The zero-order valence-electron chi connectivity index (χ0n) is 11.3. The molecule has 1 aromatic rings. The molecule has 0 N–H and O–H groups in total. The maximum Gasteiger partial charge on any atom is 0.381 e. The molecule has 1 heterocycles. The van der Waals surface area contributed by atoms with Crippen LogP contribution in [0.3, 0.4) is 0 Å². The molecule has 0 aliphatic carbocycles. The van der Waals surface area contributed by atoms with E-state index in [-0.39, 0.29) is 37.8 Å². The summed E-state index contributed by atoms with van der Waals surface area (Å²) in [4.78, 5) is 37.6. The third-order valence-electron chi connectivity index (χ3n) is 2.49. The number of esters is 1. The molecule has 0 aromatic carbocycles. The molecule has 1 amide bonds. The lowest BCUT2D eigenvalue weighted by atomic mass is 10.3. The molecule has 0 radical (unpaired) electrons. The molecule has 9 nitrogen and oxygen atoms in total. The summed E-state index contributed by atoms with van der Waals surface area (Å²) in [5, 5.41) is 10.4. The Kier molecular flexibility index (Phi) is 5.63. The van der Waals surface area contributed by atoms with Crippen molar-refractivity contribution in [1.29, 1.82) is 0 Å². The van der Waals surface area contributed by atoms with Gasteiger partial charge in [0.1, 0.15) is 12.7 Å². The van der Waals surface area contributed by atoms with Gasteiger partial charge >= 0.3 is 11.8 Å². The summed E-state index contributed by atoms with van der Waals surface area (Å²) in [6.45, 7) is 2.09. The topological polar surface area (TPSA) is 108 Å². The zero-order valence-corrected chi connectivity index (χ0v) is 11.3. The largest absolute Gasteiger partial charge is 0.465 e. The van der Waals surface area contributed by atoms with E-state index in [1.54, 1.807) is 6.92 Å². The van der Waals surface area contributed by atoms with E-state index in [4.69, 9.17) is 4.74 Å². The van der Waals surface area contributed by atoms with E-state index < -0.39 is 10.9 Å². The number of aromatic nitrogens is 2. The van der Waals surface area contributed by atoms with Crippen LogP contribution in [0, 0.1) is 10.1 Å². The Balaban J connectivity index is 2.41. The predicted molar refractivity (Wildman–Crippen MR) is 67.8 cm³/mol. The van der Waals surface area contributed by atoms with Crippen molar-refractivity contribution in [1.82, 2.24) is 14.5 Å². The number of imidazole rings is 1. The van der Waals surface area contributed by atoms with Crippen LogP contribution < -0.4 is 0 Å². The number of hydrogen-bond donors (Lipinski definition) is 0. The highest BCUT2D eigenvalue weighted by molar-refractivity contribution is 5.81. The highest BCUT2D eigenvalue weighted by Gasteiger charge is 2.15. The van der Waals surface area contributed by atoms with Gasteiger partial charge in [-0.05, 0) is 16.8 Å². The second kappa shape index (κ2) is 7.22. The van der Waals surface area contributed by atoms with Crippen LogP contribution in [-0.2, 0) is 20.9 Å². The summed E-state index contributed by atoms with van der Waals surface area (Å²) >= 11 is 0. The monoisotopic (exact) mass is 284 g/mol. The molecular weight excluding hydrogens is 268 g/mol. The van der Waals surface area contributed by atoms with Crippen molar-refractivity contribution in [2.75, 3.05) is 20.2 Å². The molecule has 0 unspecified atom stereocenters. The Hall–Kier alpha value is -2.45. The van der Waals surface area contributed by atoms with Gasteiger partial charge in [-0.15, -0.1) is 0 Å². The number of likely N-dealkylation sites (N-methyl/N-ethyl adjacent to an activating group) is 1. The Bertz CT molecular complexity index is 499. The molecule has 110 valence electrons. The van der Waals surface area contributed by atoms with Gasteiger partial charge in [0.15, 0.2) is 0 Å². The number of carbonyl (C=O) groups is 2. The van der Waals surface area contributed by atoms with Crippen LogP contribution in [0.15, 0.2) is 12.5 Å². The average Bonchev–Trinajstić information content (AvgIpc) is 2.85. The minimum absolute atomic E-state index is 0.114. The summed E-state index contributed by atoms with van der Waals surface area (Å²) in [6.07, 6.45) is 2.65. The molecule has 0 aliphatic rings. The van der Waals surface area contributed by atoms with Gasteiger partial charge in [-0.2, -0.15) is 0 Å². The minimum Gasteiger partial charge on any atom is -0.465 e. The Labute approximate surface area is 115 Å². The number of carbonyl (C=O) groups excluding carboxylic acids is 2. The van der Waals surface area contributed by atoms with Gasteiger partial charge < -0.3 is 24.3 Å². The van der Waals surface area contributed by atoms with E-state index in [1.807, 2.05) is 0 Å². The number of nitrogens with zero attached hydrogens (tertiary/aromatic N) is 4. The van der Waals surface area contributed by atoms with Crippen molar-refractivity contribution < 1.29 is 19.2 Å². The molecule has 0 atom stereocenters. The quantitative estimate of drug-likeness (QED) is 0.402. The first kappa shape index (κ1) is 15.6. The van der Waals surface area contributed by atoms with Crippen molar-refractivity contribution in [2.45, 2.75) is 19.9 Å². The zero-order chi connectivity index (χ0) is 15.1. The van der Waals surface area contributed by atoms with Crippen LogP contribution in [0.2, 0.25) is 0 Å². The van der Waals surface area contributed by atoms with Gasteiger partial charge in [0, 0.05) is 20.0 Å². The summed E-state index contributed by atoms with van der Waals surface area (Å²) in [6, 6.07) is 0. The Morgan fingerprint density at radius 2 is 2.25 bits per heavy atom. The SMILES string of the molecule is CCOC(=O)CN(C)C(=O)CCn1cnc([N+](=O)[O-])c1. The third kappa shape index (κ3) is 4.67. The van der Waals surface area contributed by atoms with E-state index in [9.17, 15) is 19.7 Å². The van der Waals surface area contributed by atoms with E-state index in [1.165, 1.54) is 29.0 Å². The first-order chi connectivity index (χ1) is 9.43. The van der Waals surface area contributed by atoms with E-state index >= 15 is 0 Å². The van der Waals surface area contributed by atoms with Crippen molar-refractivity contribution >= 4 is 17.7 Å². The molecule has 0 saturated heterocycles. The Morgan fingerprint density at radius 1 is 1.55 bits per heavy atom. The summed E-state index contributed by atoms with van der Waals surface area (Å²) in [7, 11) is 1.50. The fraction of sp³-hybridized carbons (Fsp3) is 0.545. The lowest BCUT2D eigenvalue weighted by Crippen LogP contribution is -2.33. The van der Waals surface area contributed by atoms with Gasteiger partial charge in [0.2, 0.25) is 12.2 Å². The second-order valence-corrected chi connectivity index (χ2v) is 4.03. The van der Waals surface area contributed by atoms with Gasteiger partial charge in [-0.1, -0.05) is 0 Å². The number of aryl methyl sites for hydroxylation is 1. The molecule has 0 aliphatic heterocycles. The van der Waals surface area contributed by atoms with Crippen LogP contribution in [0.1, 0.15) is 13.3 Å². The van der Waals surface area contributed by atoms with Gasteiger partial charge in [-0.25, -0.2) is 0 Å². The van der Waals surface area contributed by atoms with Crippen LogP contribution >= 0.6 is 0 Å². The molecule has 9 heteroatoms. The standard InChI is InChI=1S/C11H16N4O5/c1-3-20-11(17)7-13(2)10(16)4-5-14-6-9(12-8-14)15(18)19/h6,8H,3-5,7H2,1-2H3. The minimum atomic E-state index is -0.606. The number of hydrogen-bond acceptors (Lipinski definition) is 6. The third-order valence-corrected chi connectivity index (χ3v) is 2.49. The fourth-order valence-corrected chi connectivity index (χ4v) is 1.47. The summed E-state index contributed by atoms with van der Waals surface area (Å²) in [5.41, 5.74) is 0. The average molecular weight is 284 g/mol. The second-order valence-electron chi connectivity index (χ2n) is 4.03. The number of rotatable bonds is 7. The highest BCUT2D eigenvalue weighted by Crippen LogP contribution is 2.06. The van der Waals surface area contributed by atoms with Crippen LogP contribution in [0.5, 0.6) is 0 Å². The number of amides is 1. The lowest BCUT2D eigenvalue weighted by Gasteiger charge is -2.15. The van der Waals surface area contributed by atoms with Gasteiger partial charge in [0.05, 0.1) is 6.61 Å². The fourth-order valence-electron chi connectivity index (χ4n) is 1.47. The van der Waals surface area contributed by atoms with E-state index in [2.05, 4.69) is 4.98 Å². The highest BCUT2D eigenvalue weighted by atomic mass is 16.6. The predicted octanol–water partition coefficient (Wildman–Crippen LogP) is 0.203. The van der Waals surface area contributed by atoms with Gasteiger partial charge in [-0.3, -0.25) is 9.59 Å². The molecule has 0 bridgehead atoms. The van der Waals surface area contributed by atoms with Crippen molar-refractivity contribution in [2.24, 2.45) is 0 Å². The maximum absolute atomic E-state index is 11.7. The van der Waals surface area contributed by atoms with E-state index in [0.29, 0.717) is 0 Å². The van der Waals surface area contributed by atoms with Crippen LogP contribution in [-0.4, -0.2) is 51.5 Å².